The number of ether oxygens (including phenoxy) is 1. The third kappa shape index (κ3) is 4.63. The van der Waals surface area contributed by atoms with Crippen molar-refractivity contribution in [2.24, 2.45) is 0 Å². The van der Waals surface area contributed by atoms with E-state index in [1.54, 1.807) is 12.4 Å². The Morgan fingerprint density at radius 3 is 2.72 bits per heavy atom. The van der Waals surface area contributed by atoms with E-state index in [0.29, 0.717) is 0 Å². The highest BCUT2D eigenvalue weighted by Crippen LogP contribution is 2.24. The van der Waals surface area contributed by atoms with Gasteiger partial charge in [-0.3, -0.25) is 4.98 Å². The number of benzene rings is 1. The Morgan fingerprint density at radius 2 is 2.00 bits per heavy atom. The molecule has 0 saturated heterocycles. The van der Waals surface area contributed by atoms with Crippen molar-refractivity contribution in [1.82, 2.24) is 14.5 Å². The predicted octanol–water partition coefficient (Wildman–Crippen LogP) is 4.32. The van der Waals surface area contributed by atoms with Gasteiger partial charge < -0.3 is 9.30 Å². The highest BCUT2D eigenvalue weighted by Gasteiger charge is 2.15. The van der Waals surface area contributed by atoms with Gasteiger partial charge in [0.15, 0.2) is 0 Å². The normalized spacial score (nSPS) is 12.1. The molecular weight excluding hydrogens is 330 g/mol. The van der Waals surface area contributed by atoms with Gasteiger partial charge in [-0.15, -0.1) is 0 Å². The smallest absolute Gasteiger partial charge is 0.138 e. The van der Waals surface area contributed by atoms with Crippen molar-refractivity contribution in [1.29, 1.82) is 0 Å². The maximum atomic E-state index is 5.98. The van der Waals surface area contributed by atoms with Crippen LogP contribution < -0.4 is 4.74 Å². The Kier molecular flexibility index (Phi) is 6.12. The molecule has 25 heavy (non-hydrogen) atoms. The summed E-state index contributed by atoms with van der Waals surface area (Å²) in [5, 5.41) is 0. The van der Waals surface area contributed by atoms with Gasteiger partial charge in [0.25, 0.3) is 0 Å². The molecule has 1 aromatic carbocycles. The molecule has 1 atom stereocenters. The fourth-order valence-electron chi connectivity index (χ4n) is 2.83. The number of thioether (sulfide) groups is 1. The van der Waals surface area contributed by atoms with Crippen LogP contribution in [0, 0.1) is 0 Å². The van der Waals surface area contributed by atoms with Crippen molar-refractivity contribution in [2.45, 2.75) is 26.0 Å². The molecule has 0 aliphatic carbocycles. The molecule has 0 unspecified atom stereocenters. The van der Waals surface area contributed by atoms with E-state index >= 15 is 0 Å². The Morgan fingerprint density at radius 1 is 1.16 bits per heavy atom. The van der Waals surface area contributed by atoms with E-state index in [-0.39, 0.29) is 6.10 Å². The minimum absolute atomic E-state index is 0.0371. The van der Waals surface area contributed by atoms with Crippen LogP contribution in [0.3, 0.4) is 0 Å². The van der Waals surface area contributed by atoms with Gasteiger partial charge in [0, 0.05) is 17.5 Å². The van der Waals surface area contributed by atoms with Crippen molar-refractivity contribution in [2.75, 3.05) is 12.0 Å². The van der Waals surface area contributed by atoms with Gasteiger partial charge in [-0.1, -0.05) is 30.3 Å². The average molecular weight is 353 g/mol. The molecule has 4 nitrogen and oxygen atoms in total. The van der Waals surface area contributed by atoms with Crippen LogP contribution in [0.15, 0.2) is 61.2 Å². The summed E-state index contributed by atoms with van der Waals surface area (Å²) in [5.41, 5.74) is 3.50. The van der Waals surface area contributed by atoms with Crippen LogP contribution in [0.4, 0.5) is 0 Å². The van der Waals surface area contributed by atoms with Gasteiger partial charge >= 0.3 is 0 Å². The van der Waals surface area contributed by atoms with E-state index in [0.717, 1.165) is 35.7 Å². The average Bonchev–Trinajstić information content (AvgIpc) is 3.03. The summed E-state index contributed by atoms with van der Waals surface area (Å²) in [4.78, 5) is 8.78. The maximum absolute atomic E-state index is 5.98. The van der Waals surface area contributed by atoms with Crippen molar-refractivity contribution in [3.05, 3.63) is 66.9 Å². The molecule has 2 heterocycles. The predicted molar refractivity (Wildman–Crippen MR) is 104 cm³/mol. The van der Waals surface area contributed by atoms with Crippen molar-refractivity contribution in [3.8, 4) is 17.0 Å². The van der Waals surface area contributed by atoms with Crippen LogP contribution in [0.1, 0.15) is 12.6 Å². The van der Waals surface area contributed by atoms with Crippen molar-refractivity contribution < 1.29 is 4.74 Å². The molecule has 3 aromatic rings. The SMILES string of the molecule is CSCCc1c(-c2ccccc2)ncn1C[C@H](C)Oc1cccnc1. The molecule has 0 aliphatic rings. The Hall–Kier alpha value is -2.27. The van der Waals surface area contributed by atoms with Gasteiger partial charge in [0.05, 0.1) is 24.8 Å². The molecule has 5 heteroatoms. The first kappa shape index (κ1) is 17.5. The van der Waals surface area contributed by atoms with Gasteiger partial charge in [-0.05, 0) is 37.5 Å². The Bertz CT molecular complexity index is 774. The van der Waals surface area contributed by atoms with E-state index < -0.39 is 0 Å². The number of hydrogen-bond donors (Lipinski definition) is 0. The largest absolute Gasteiger partial charge is 0.487 e. The summed E-state index contributed by atoms with van der Waals surface area (Å²) in [6.45, 7) is 2.84. The third-order valence-corrected chi connectivity index (χ3v) is 4.57. The highest BCUT2D eigenvalue weighted by molar-refractivity contribution is 7.98. The third-order valence-electron chi connectivity index (χ3n) is 3.96. The number of imidazole rings is 1. The van der Waals surface area contributed by atoms with Crippen molar-refractivity contribution >= 4 is 11.8 Å². The van der Waals surface area contributed by atoms with E-state index in [2.05, 4.69) is 52.0 Å². The zero-order valence-electron chi connectivity index (χ0n) is 14.6. The Balaban J connectivity index is 1.79. The fourth-order valence-corrected chi connectivity index (χ4v) is 3.22. The first-order valence-corrected chi connectivity index (χ1v) is 9.82. The zero-order chi connectivity index (χ0) is 17.5. The minimum Gasteiger partial charge on any atom is -0.487 e. The summed E-state index contributed by atoms with van der Waals surface area (Å²) in [5.74, 6) is 1.87. The molecule has 0 N–H and O–H groups in total. The molecule has 2 aromatic heterocycles. The summed E-state index contributed by atoms with van der Waals surface area (Å²) < 4.78 is 8.20. The monoisotopic (exact) mass is 353 g/mol. The first-order chi connectivity index (χ1) is 12.3. The van der Waals surface area contributed by atoms with Crippen LogP contribution in [0.25, 0.3) is 11.3 Å². The van der Waals surface area contributed by atoms with Crippen LogP contribution in [-0.2, 0) is 13.0 Å². The van der Waals surface area contributed by atoms with Gasteiger partial charge in [0.1, 0.15) is 11.9 Å². The quantitative estimate of drug-likeness (QED) is 0.605. The van der Waals surface area contributed by atoms with E-state index in [9.17, 15) is 0 Å². The standard InChI is InChI=1S/C20H23N3OS/c1-16(24-18-9-6-11-21-13-18)14-23-15-22-20(19(23)10-12-25-2)17-7-4-3-5-8-17/h3-9,11,13,15-16H,10,12,14H2,1-2H3/t16-/m0/s1. The Labute approximate surface area is 153 Å². The number of pyridine rings is 1. The summed E-state index contributed by atoms with van der Waals surface area (Å²) in [6.07, 6.45) is 8.59. The molecule has 0 bridgehead atoms. The highest BCUT2D eigenvalue weighted by atomic mass is 32.2. The lowest BCUT2D eigenvalue weighted by molar-refractivity contribution is 0.197. The van der Waals surface area contributed by atoms with Crippen LogP contribution in [-0.4, -0.2) is 32.6 Å². The molecule has 3 rings (SSSR count). The summed E-state index contributed by atoms with van der Waals surface area (Å²) >= 11 is 1.85. The van der Waals surface area contributed by atoms with Crippen LogP contribution in [0.5, 0.6) is 5.75 Å². The summed E-state index contributed by atoms with van der Waals surface area (Å²) in [6, 6.07) is 14.2. The molecule has 0 spiro atoms. The topological polar surface area (TPSA) is 39.9 Å². The first-order valence-electron chi connectivity index (χ1n) is 8.43. The zero-order valence-corrected chi connectivity index (χ0v) is 15.4. The number of nitrogens with zero attached hydrogens (tertiary/aromatic N) is 3. The molecule has 130 valence electrons. The van der Waals surface area contributed by atoms with E-state index in [4.69, 9.17) is 4.74 Å². The summed E-state index contributed by atoms with van der Waals surface area (Å²) in [7, 11) is 0. The molecular formula is C20H23N3OS. The maximum Gasteiger partial charge on any atom is 0.138 e. The van der Waals surface area contributed by atoms with Gasteiger partial charge in [-0.25, -0.2) is 4.98 Å². The second-order valence-electron chi connectivity index (χ2n) is 5.92. The lowest BCUT2D eigenvalue weighted by Gasteiger charge is -2.17. The lowest BCUT2D eigenvalue weighted by atomic mass is 10.1. The second-order valence-corrected chi connectivity index (χ2v) is 6.90. The fraction of sp³-hybridized carbons (Fsp3) is 0.300. The molecule has 0 saturated carbocycles. The van der Waals surface area contributed by atoms with E-state index in [1.807, 2.05) is 36.3 Å². The molecule has 0 radical (unpaired) electrons. The van der Waals surface area contributed by atoms with Crippen molar-refractivity contribution in [3.63, 3.8) is 0 Å². The number of rotatable bonds is 8. The van der Waals surface area contributed by atoms with Gasteiger partial charge in [0.2, 0.25) is 0 Å². The lowest BCUT2D eigenvalue weighted by Crippen LogP contribution is -2.20. The minimum atomic E-state index is 0.0371. The van der Waals surface area contributed by atoms with Gasteiger partial charge in [-0.2, -0.15) is 11.8 Å². The molecule has 0 amide bonds. The molecule has 0 fully saturated rings. The number of hydrogen-bond acceptors (Lipinski definition) is 4. The molecule has 0 aliphatic heterocycles. The van der Waals surface area contributed by atoms with E-state index in [1.165, 1.54) is 5.69 Å². The van der Waals surface area contributed by atoms with Crippen LogP contribution >= 0.6 is 11.8 Å². The van der Waals surface area contributed by atoms with Crippen LogP contribution in [0.2, 0.25) is 0 Å². The number of aromatic nitrogens is 3. The second kappa shape index (κ2) is 8.72.